The van der Waals surface area contributed by atoms with Gasteiger partial charge in [0.2, 0.25) is 0 Å². The molecule has 0 spiro atoms. The van der Waals surface area contributed by atoms with Crippen molar-refractivity contribution in [2.75, 3.05) is 0 Å². The van der Waals surface area contributed by atoms with Crippen molar-refractivity contribution in [3.05, 3.63) is 30.4 Å². The van der Waals surface area contributed by atoms with E-state index in [-0.39, 0.29) is 12.1 Å². The molecular formula is C9H7F3N. The van der Waals surface area contributed by atoms with Crippen LogP contribution in [0.15, 0.2) is 12.3 Å². The van der Waals surface area contributed by atoms with Crippen LogP contribution in [-0.2, 0) is 12.7 Å². The van der Waals surface area contributed by atoms with Gasteiger partial charge in [-0.15, -0.1) is 6.42 Å². The van der Waals surface area contributed by atoms with Crippen molar-refractivity contribution in [3.8, 4) is 12.3 Å². The fourth-order valence-electron chi connectivity index (χ4n) is 1.09. The van der Waals surface area contributed by atoms with Crippen LogP contribution in [-0.4, -0.2) is 4.57 Å². The van der Waals surface area contributed by atoms with E-state index in [4.69, 9.17) is 6.42 Å². The van der Waals surface area contributed by atoms with Gasteiger partial charge in [0.25, 0.3) is 0 Å². The quantitative estimate of drug-likeness (QED) is 0.593. The van der Waals surface area contributed by atoms with Crippen molar-refractivity contribution >= 4 is 0 Å². The van der Waals surface area contributed by atoms with Crippen LogP contribution in [0.5, 0.6) is 0 Å². The minimum absolute atomic E-state index is 0.0530. The van der Waals surface area contributed by atoms with E-state index >= 15 is 0 Å². The monoisotopic (exact) mass is 186 g/mol. The Morgan fingerprint density at radius 2 is 2.15 bits per heavy atom. The van der Waals surface area contributed by atoms with Crippen LogP contribution in [0.1, 0.15) is 11.3 Å². The molecule has 0 amide bonds. The van der Waals surface area contributed by atoms with Crippen molar-refractivity contribution in [3.63, 3.8) is 0 Å². The van der Waals surface area contributed by atoms with Gasteiger partial charge in [0.1, 0.15) is 5.69 Å². The average molecular weight is 186 g/mol. The minimum atomic E-state index is -4.39. The molecule has 0 aliphatic rings. The summed E-state index contributed by atoms with van der Waals surface area (Å²) >= 11 is 0. The standard InChI is InChI=1S/C9H7F3N/c1-3-5-13-6-4-7(2)8(13)9(10,11)12/h1,4,6H,2,5H2. The van der Waals surface area contributed by atoms with Crippen LogP contribution in [0.3, 0.4) is 0 Å². The van der Waals surface area contributed by atoms with E-state index in [0.717, 1.165) is 4.57 Å². The van der Waals surface area contributed by atoms with Crippen molar-refractivity contribution < 1.29 is 13.2 Å². The molecule has 1 aromatic heterocycles. The second kappa shape index (κ2) is 3.17. The van der Waals surface area contributed by atoms with Crippen molar-refractivity contribution in [2.24, 2.45) is 0 Å². The summed E-state index contributed by atoms with van der Waals surface area (Å²) in [6.45, 7) is 3.19. The van der Waals surface area contributed by atoms with Crippen LogP contribution in [0.2, 0.25) is 0 Å². The third-order valence-corrected chi connectivity index (χ3v) is 1.58. The number of nitrogens with zero attached hydrogens (tertiary/aromatic N) is 1. The molecule has 0 N–H and O–H groups in total. The lowest BCUT2D eigenvalue weighted by Crippen LogP contribution is -2.14. The van der Waals surface area contributed by atoms with Crippen molar-refractivity contribution in [2.45, 2.75) is 12.7 Å². The molecule has 0 atom stereocenters. The molecule has 0 bridgehead atoms. The Morgan fingerprint density at radius 1 is 1.54 bits per heavy atom. The van der Waals surface area contributed by atoms with E-state index in [1.54, 1.807) is 0 Å². The zero-order valence-electron chi connectivity index (χ0n) is 6.73. The average Bonchev–Trinajstić information content (AvgIpc) is 2.31. The van der Waals surface area contributed by atoms with Crippen molar-refractivity contribution in [1.82, 2.24) is 4.57 Å². The molecule has 1 rings (SSSR count). The van der Waals surface area contributed by atoms with Gasteiger partial charge < -0.3 is 4.57 Å². The summed E-state index contributed by atoms with van der Waals surface area (Å²) < 4.78 is 38.0. The maximum Gasteiger partial charge on any atom is 0.431 e. The van der Waals surface area contributed by atoms with Crippen molar-refractivity contribution in [1.29, 1.82) is 0 Å². The normalized spacial score (nSPS) is 11.3. The Kier molecular flexibility index (Phi) is 2.37. The highest BCUT2D eigenvalue weighted by molar-refractivity contribution is 5.28. The van der Waals surface area contributed by atoms with E-state index < -0.39 is 11.9 Å². The highest BCUT2D eigenvalue weighted by atomic mass is 19.4. The second-order valence-corrected chi connectivity index (χ2v) is 2.52. The third-order valence-electron chi connectivity index (χ3n) is 1.58. The number of halogens is 3. The fourth-order valence-corrected chi connectivity index (χ4v) is 1.09. The van der Waals surface area contributed by atoms with Gasteiger partial charge in [0, 0.05) is 6.20 Å². The molecule has 13 heavy (non-hydrogen) atoms. The summed E-state index contributed by atoms with van der Waals surface area (Å²) in [6.07, 6.45) is 1.81. The highest BCUT2D eigenvalue weighted by Gasteiger charge is 2.35. The van der Waals surface area contributed by atoms with Gasteiger partial charge in [-0.05, 0) is 18.6 Å². The van der Waals surface area contributed by atoms with E-state index in [0.29, 0.717) is 0 Å². The number of terminal acetylenes is 1. The van der Waals surface area contributed by atoms with Crippen LogP contribution in [0, 0.1) is 19.3 Å². The smallest absolute Gasteiger partial charge is 0.332 e. The molecule has 1 heterocycles. The van der Waals surface area contributed by atoms with E-state index in [1.165, 1.54) is 12.3 Å². The fraction of sp³-hybridized carbons (Fsp3) is 0.222. The molecule has 0 aliphatic carbocycles. The largest absolute Gasteiger partial charge is 0.431 e. The molecule has 1 radical (unpaired) electrons. The van der Waals surface area contributed by atoms with Gasteiger partial charge in [-0.25, -0.2) is 0 Å². The summed E-state index contributed by atoms with van der Waals surface area (Å²) in [7, 11) is 0. The maximum absolute atomic E-state index is 12.3. The predicted octanol–water partition coefficient (Wildman–Crippen LogP) is 2.32. The predicted molar refractivity (Wildman–Crippen MR) is 42.7 cm³/mol. The van der Waals surface area contributed by atoms with Gasteiger partial charge in [0.05, 0.1) is 6.54 Å². The Labute approximate surface area is 74.2 Å². The molecular weight excluding hydrogens is 179 g/mol. The van der Waals surface area contributed by atoms with Crippen LogP contribution >= 0.6 is 0 Å². The Balaban J connectivity index is 3.18. The molecule has 1 nitrogen and oxygen atoms in total. The Morgan fingerprint density at radius 3 is 2.62 bits per heavy atom. The molecule has 0 unspecified atom stereocenters. The molecule has 0 fully saturated rings. The van der Waals surface area contributed by atoms with E-state index in [1.807, 2.05) is 0 Å². The molecule has 0 saturated carbocycles. The first kappa shape index (κ1) is 9.72. The van der Waals surface area contributed by atoms with Gasteiger partial charge >= 0.3 is 6.18 Å². The van der Waals surface area contributed by atoms with Gasteiger partial charge in [0.15, 0.2) is 0 Å². The van der Waals surface area contributed by atoms with E-state index in [2.05, 4.69) is 12.8 Å². The SMILES string of the molecule is C#CCn1ccc([CH2])c1C(F)(F)F. The number of hydrogen-bond acceptors (Lipinski definition) is 0. The maximum atomic E-state index is 12.3. The summed E-state index contributed by atoms with van der Waals surface area (Å²) in [6, 6.07) is 1.29. The summed E-state index contributed by atoms with van der Waals surface area (Å²) in [4.78, 5) is 0. The lowest BCUT2D eigenvalue weighted by Gasteiger charge is -2.10. The van der Waals surface area contributed by atoms with Gasteiger partial charge in [-0.2, -0.15) is 13.2 Å². The number of aromatic nitrogens is 1. The Hall–Kier alpha value is -1.37. The zero-order chi connectivity index (χ0) is 10.1. The summed E-state index contributed by atoms with van der Waals surface area (Å²) in [5, 5.41) is 0. The van der Waals surface area contributed by atoms with E-state index in [9.17, 15) is 13.2 Å². The first-order valence-corrected chi connectivity index (χ1v) is 3.48. The van der Waals surface area contributed by atoms with Crippen LogP contribution in [0.4, 0.5) is 13.2 Å². The Bertz CT molecular complexity index is 341. The summed E-state index contributed by atoms with van der Waals surface area (Å²) in [5.41, 5.74) is -0.826. The number of alkyl halides is 3. The third kappa shape index (κ3) is 1.86. The second-order valence-electron chi connectivity index (χ2n) is 2.52. The highest BCUT2D eigenvalue weighted by Crippen LogP contribution is 2.32. The molecule has 4 heteroatoms. The molecule has 0 saturated heterocycles. The molecule has 0 aromatic carbocycles. The lowest BCUT2D eigenvalue weighted by molar-refractivity contribution is -0.143. The molecule has 1 aromatic rings. The molecule has 0 aliphatic heterocycles. The van der Waals surface area contributed by atoms with Gasteiger partial charge in [-0.3, -0.25) is 0 Å². The zero-order valence-corrected chi connectivity index (χ0v) is 6.73. The first-order valence-electron chi connectivity index (χ1n) is 3.48. The first-order chi connectivity index (χ1) is 5.96. The minimum Gasteiger partial charge on any atom is -0.332 e. The lowest BCUT2D eigenvalue weighted by atomic mass is 10.2. The summed E-state index contributed by atoms with van der Waals surface area (Å²) in [5.74, 6) is 2.14. The van der Waals surface area contributed by atoms with Gasteiger partial charge in [-0.1, -0.05) is 5.92 Å². The number of hydrogen-bond donors (Lipinski definition) is 0. The number of rotatable bonds is 1. The molecule has 69 valence electrons. The van der Waals surface area contributed by atoms with Crippen LogP contribution < -0.4 is 0 Å². The topological polar surface area (TPSA) is 4.93 Å². The van der Waals surface area contributed by atoms with Crippen LogP contribution in [0.25, 0.3) is 0 Å².